The van der Waals surface area contributed by atoms with Crippen LogP contribution in [0.4, 0.5) is 0 Å². The van der Waals surface area contributed by atoms with E-state index in [4.69, 9.17) is 0 Å². The summed E-state index contributed by atoms with van der Waals surface area (Å²) in [5.74, 6) is -0.870. The molecule has 1 atom stereocenters. The Kier molecular flexibility index (Phi) is 4.21. The number of carboxylic acids is 1. The van der Waals surface area contributed by atoms with E-state index < -0.39 is 11.2 Å². The lowest BCUT2D eigenvalue weighted by atomic mass is 10.2. The normalized spacial score (nSPS) is 21.4. The lowest BCUT2D eigenvalue weighted by Crippen LogP contribution is -2.34. The van der Waals surface area contributed by atoms with Crippen molar-refractivity contribution in [3.63, 3.8) is 0 Å². The molecule has 0 bridgehead atoms. The Balaban J connectivity index is 1.81. The van der Waals surface area contributed by atoms with Crippen LogP contribution >= 0.6 is 23.5 Å². The first-order chi connectivity index (χ1) is 10.6. The van der Waals surface area contributed by atoms with Gasteiger partial charge in [-0.25, -0.2) is 9.69 Å². The highest BCUT2D eigenvalue weighted by atomic mass is 32.2. The third-order valence-electron chi connectivity index (χ3n) is 3.25. The number of hydrogen-bond acceptors (Lipinski definition) is 6. The van der Waals surface area contributed by atoms with Gasteiger partial charge in [0.1, 0.15) is 0 Å². The van der Waals surface area contributed by atoms with Gasteiger partial charge in [0.05, 0.1) is 17.4 Å². The fourth-order valence-electron chi connectivity index (χ4n) is 2.26. The molecule has 22 heavy (non-hydrogen) atoms. The summed E-state index contributed by atoms with van der Waals surface area (Å²) in [5, 5.41) is 9.05. The van der Waals surface area contributed by atoms with Crippen molar-refractivity contribution < 1.29 is 19.5 Å². The summed E-state index contributed by atoms with van der Waals surface area (Å²) in [4.78, 5) is 41.5. The molecule has 3 rings (SSSR count). The first kappa shape index (κ1) is 15.1. The van der Waals surface area contributed by atoms with Crippen LogP contribution in [0.15, 0.2) is 34.2 Å². The molecule has 2 heterocycles. The first-order valence-electron chi connectivity index (χ1n) is 6.61. The van der Waals surface area contributed by atoms with E-state index in [9.17, 15) is 19.5 Å². The number of amides is 2. The molecule has 1 N–H and O–H groups in total. The number of imide groups is 1. The Morgan fingerprint density at radius 1 is 1.36 bits per heavy atom. The summed E-state index contributed by atoms with van der Waals surface area (Å²) >= 11 is 2.52. The van der Waals surface area contributed by atoms with E-state index in [0.29, 0.717) is 16.6 Å². The molecule has 0 saturated carbocycles. The molecule has 0 aromatic heterocycles. The van der Waals surface area contributed by atoms with Crippen LogP contribution in [0, 0.1) is 0 Å². The lowest BCUT2D eigenvalue weighted by molar-refractivity contribution is -0.133. The van der Waals surface area contributed by atoms with E-state index in [2.05, 4.69) is 4.99 Å². The van der Waals surface area contributed by atoms with Gasteiger partial charge in [0.2, 0.25) is 11.8 Å². The molecule has 0 radical (unpaired) electrons. The summed E-state index contributed by atoms with van der Waals surface area (Å²) in [7, 11) is 0. The average Bonchev–Trinajstić information content (AvgIpc) is 3.08. The zero-order chi connectivity index (χ0) is 15.7. The number of amidine groups is 1. The summed E-state index contributed by atoms with van der Waals surface area (Å²) in [5.41, 5.74) is 0.138. The van der Waals surface area contributed by atoms with Crippen LogP contribution in [0.1, 0.15) is 16.8 Å². The molecule has 8 heteroatoms. The largest absolute Gasteiger partial charge is 0.478 e. The highest BCUT2D eigenvalue weighted by Gasteiger charge is 2.42. The van der Waals surface area contributed by atoms with Crippen molar-refractivity contribution >= 4 is 46.5 Å². The zero-order valence-corrected chi connectivity index (χ0v) is 13.0. The number of thioether (sulfide) groups is 2. The molecule has 1 aromatic carbocycles. The number of carbonyl (C=O) groups is 3. The minimum atomic E-state index is -1.05. The number of likely N-dealkylation sites (tertiary alicyclic amines) is 1. The highest BCUT2D eigenvalue weighted by molar-refractivity contribution is 8.14. The Morgan fingerprint density at radius 2 is 2.14 bits per heavy atom. The predicted molar refractivity (Wildman–Crippen MR) is 84.3 cm³/mol. The van der Waals surface area contributed by atoms with E-state index in [1.807, 2.05) is 0 Å². The fraction of sp³-hybridized carbons (Fsp3) is 0.286. The number of rotatable bonds is 3. The maximum absolute atomic E-state index is 12.4. The minimum Gasteiger partial charge on any atom is -0.478 e. The monoisotopic (exact) mass is 336 g/mol. The predicted octanol–water partition coefficient (Wildman–Crippen LogP) is 1.71. The summed E-state index contributed by atoms with van der Waals surface area (Å²) in [6, 6.07) is 6.48. The van der Waals surface area contributed by atoms with Gasteiger partial charge < -0.3 is 5.11 Å². The van der Waals surface area contributed by atoms with Crippen LogP contribution in [-0.2, 0) is 9.59 Å². The van der Waals surface area contributed by atoms with Gasteiger partial charge in [-0.15, -0.1) is 11.8 Å². The SMILES string of the molecule is O=C(O)c1ccccc1SC1CC(=O)N(C2=NCCS2)C1=O. The smallest absolute Gasteiger partial charge is 0.336 e. The van der Waals surface area contributed by atoms with Gasteiger partial charge in [-0.2, -0.15) is 0 Å². The molecule has 0 aliphatic carbocycles. The van der Waals surface area contributed by atoms with Gasteiger partial charge in [0.15, 0.2) is 5.17 Å². The van der Waals surface area contributed by atoms with E-state index in [0.717, 1.165) is 22.4 Å². The van der Waals surface area contributed by atoms with Gasteiger partial charge in [-0.3, -0.25) is 14.6 Å². The molecule has 0 spiro atoms. The van der Waals surface area contributed by atoms with Crippen molar-refractivity contribution in [3.8, 4) is 0 Å². The summed E-state index contributed by atoms with van der Waals surface area (Å²) in [6.45, 7) is 0.608. The third-order valence-corrected chi connectivity index (χ3v) is 5.47. The molecule has 2 aliphatic heterocycles. The molecular formula is C14H12N2O4S2. The van der Waals surface area contributed by atoms with Crippen LogP contribution in [0.25, 0.3) is 0 Å². The maximum Gasteiger partial charge on any atom is 0.336 e. The Labute approximate surface area is 135 Å². The van der Waals surface area contributed by atoms with Crippen molar-refractivity contribution in [3.05, 3.63) is 29.8 Å². The molecule has 2 aliphatic rings. The number of carboxylic acid groups (broad SMARTS) is 1. The van der Waals surface area contributed by atoms with Gasteiger partial charge in [-0.05, 0) is 12.1 Å². The third kappa shape index (κ3) is 2.76. The van der Waals surface area contributed by atoms with Crippen molar-refractivity contribution in [2.75, 3.05) is 12.3 Å². The van der Waals surface area contributed by atoms with E-state index in [1.165, 1.54) is 17.8 Å². The number of carbonyl (C=O) groups excluding carboxylic acids is 2. The summed E-state index contributed by atoms with van der Waals surface area (Å²) in [6.07, 6.45) is 0.0665. The molecule has 114 valence electrons. The number of benzene rings is 1. The quantitative estimate of drug-likeness (QED) is 0.846. The molecule has 6 nitrogen and oxygen atoms in total. The van der Waals surface area contributed by atoms with Gasteiger partial charge >= 0.3 is 5.97 Å². The van der Waals surface area contributed by atoms with E-state index >= 15 is 0 Å². The zero-order valence-electron chi connectivity index (χ0n) is 11.4. The van der Waals surface area contributed by atoms with Crippen LogP contribution in [0.2, 0.25) is 0 Å². The second-order valence-electron chi connectivity index (χ2n) is 4.69. The van der Waals surface area contributed by atoms with Gasteiger partial charge in [0, 0.05) is 17.1 Å². The highest BCUT2D eigenvalue weighted by Crippen LogP contribution is 2.35. The Bertz CT molecular complexity index is 689. The average molecular weight is 336 g/mol. The molecule has 2 amide bonds. The second kappa shape index (κ2) is 6.13. The molecule has 1 fully saturated rings. The van der Waals surface area contributed by atoms with Crippen molar-refractivity contribution in [1.29, 1.82) is 0 Å². The Morgan fingerprint density at radius 3 is 2.82 bits per heavy atom. The standard InChI is InChI=1S/C14H12N2O4S2/c17-11-7-10(12(18)16(11)14-15-5-6-21-14)22-9-4-2-1-3-8(9)13(19)20/h1-4,10H,5-7H2,(H,19,20). The lowest BCUT2D eigenvalue weighted by Gasteiger charge is -2.14. The Hall–Kier alpha value is -1.80. The molecular weight excluding hydrogens is 324 g/mol. The topological polar surface area (TPSA) is 87.0 Å². The summed E-state index contributed by atoms with van der Waals surface area (Å²) < 4.78 is 0. The number of hydrogen-bond donors (Lipinski definition) is 1. The van der Waals surface area contributed by atoms with Crippen LogP contribution < -0.4 is 0 Å². The van der Waals surface area contributed by atoms with Crippen LogP contribution in [-0.4, -0.2) is 50.5 Å². The van der Waals surface area contributed by atoms with E-state index in [-0.39, 0.29) is 23.8 Å². The molecule has 1 saturated heterocycles. The minimum absolute atomic E-state index is 0.0665. The molecule has 1 aromatic rings. The maximum atomic E-state index is 12.4. The van der Waals surface area contributed by atoms with Crippen molar-refractivity contribution in [2.45, 2.75) is 16.6 Å². The van der Waals surface area contributed by atoms with Gasteiger partial charge in [0.25, 0.3) is 0 Å². The van der Waals surface area contributed by atoms with E-state index in [1.54, 1.807) is 18.2 Å². The first-order valence-corrected chi connectivity index (χ1v) is 8.47. The second-order valence-corrected chi connectivity index (χ2v) is 7.00. The van der Waals surface area contributed by atoms with Crippen molar-refractivity contribution in [1.82, 2.24) is 4.90 Å². The fourth-order valence-corrected chi connectivity index (χ4v) is 4.30. The number of aromatic carboxylic acids is 1. The van der Waals surface area contributed by atoms with Crippen molar-refractivity contribution in [2.24, 2.45) is 4.99 Å². The number of aliphatic imine (C=N–C) groups is 1. The van der Waals surface area contributed by atoms with Gasteiger partial charge in [-0.1, -0.05) is 23.9 Å². The molecule has 1 unspecified atom stereocenters. The van der Waals surface area contributed by atoms with Crippen LogP contribution in [0.5, 0.6) is 0 Å². The number of nitrogens with zero attached hydrogens (tertiary/aromatic N) is 2. The van der Waals surface area contributed by atoms with Crippen LogP contribution in [0.3, 0.4) is 0 Å².